The Labute approximate surface area is 307 Å². The summed E-state index contributed by atoms with van der Waals surface area (Å²) in [5, 5.41) is 10.0. The number of allylic oxidation sites excluding steroid dienone is 14. The first kappa shape index (κ1) is 47.1. The molecule has 0 aromatic rings. The van der Waals surface area contributed by atoms with Gasteiger partial charge in [0.05, 0.1) is 0 Å². The van der Waals surface area contributed by atoms with Crippen LogP contribution < -0.4 is 0 Å². The van der Waals surface area contributed by atoms with E-state index in [1.807, 2.05) is 12.2 Å². The standard InChI is InChI=1S/C45H74O5/c1-3-5-7-9-11-13-15-17-19-21-22-24-26-28-30-32-34-36-38-40-45(48)50-42-43(46)41-49-44(47)39-37-35-33-31-29-27-25-23-20-18-16-14-12-10-8-6-4-2/h5,7,11,13,17-20,22,24,28,30,34,36,43,46H,3-4,6,8-10,12,14-16,21,23,25-27,29,31-33,35,37-42H2,1-2H3/b7-5-,13-11-,19-17-,20-18-,24-22-,30-28-,36-34-/t43-/m1/s1. The molecule has 1 N–H and O–H groups in total. The van der Waals surface area contributed by atoms with E-state index < -0.39 is 6.10 Å². The van der Waals surface area contributed by atoms with E-state index in [4.69, 9.17) is 9.47 Å². The van der Waals surface area contributed by atoms with Gasteiger partial charge in [-0.25, -0.2) is 0 Å². The number of ether oxygens (including phenoxy) is 2. The maximum Gasteiger partial charge on any atom is 0.306 e. The van der Waals surface area contributed by atoms with Gasteiger partial charge in [-0.15, -0.1) is 0 Å². The zero-order valence-electron chi connectivity index (χ0n) is 32.1. The van der Waals surface area contributed by atoms with E-state index >= 15 is 0 Å². The molecule has 284 valence electrons. The Morgan fingerprint density at radius 1 is 0.440 bits per heavy atom. The van der Waals surface area contributed by atoms with Crippen molar-refractivity contribution in [3.05, 3.63) is 85.1 Å². The summed E-state index contributed by atoms with van der Waals surface area (Å²) in [5.41, 5.74) is 0. The predicted molar refractivity (Wildman–Crippen MR) is 214 cm³/mol. The van der Waals surface area contributed by atoms with Gasteiger partial charge in [0.25, 0.3) is 0 Å². The fraction of sp³-hybridized carbons (Fsp3) is 0.644. The monoisotopic (exact) mass is 695 g/mol. The fourth-order valence-electron chi connectivity index (χ4n) is 5.11. The molecule has 0 rings (SSSR count). The van der Waals surface area contributed by atoms with Crippen LogP contribution in [-0.2, 0) is 19.1 Å². The van der Waals surface area contributed by atoms with Crippen molar-refractivity contribution in [2.24, 2.45) is 0 Å². The highest BCUT2D eigenvalue weighted by atomic mass is 16.6. The molecular weight excluding hydrogens is 620 g/mol. The van der Waals surface area contributed by atoms with Gasteiger partial charge < -0.3 is 14.6 Å². The summed E-state index contributed by atoms with van der Waals surface area (Å²) in [4.78, 5) is 23.9. The van der Waals surface area contributed by atoms with Gasteiger partial charge in [-0.2, -0.15) is 0 Å². The van der Waals surface area contributed by atoms with Crippen molar-refractivity contribution in [2.75, 3.05) is 13.2 Å². The Kier molecular flexibility index (Phi) is 38.1. The summed E-state index contributed by atoms with van der Waals surface area (Å²) in [7, 11) is 0. The number of hydrogen-bond donors (Lipinski definition) is 1. The van der Waals surface area contributed by atoms with Gasteiger partial charge in [0, 0.05) is 12.8 Å². The summed E-state index contributed by atoms with van der Waals surface area (Å²) in [5.74, 6) is -0.671. The first-order valence-corrected chi connectivity index (χ1v) is 20.1. The molecule has 1 atom stereocenters. The van der Waals surface area contributed by atoms with Crippen LogP contribution >= 0.6 is 0 Å². The number of aliphatic hydroxyl groups excluding tert-OH is 1. The average molecular weight is 695 g/mol. The van der Waals surface area contributed by atoms with Crippen LogP contribution in [-0.4, -0.2) is 36.4 Å². The summed E-state index contributed by atoms with van der Waals surface area (Å²) in [6, 6.07) is 0. The maximum atomic E-state index is 12.0. The third-order valence-electron chi connectivity index (χ3n) is 8.13. The molecule has 0 aliphatic rings. The molecule has 0 spiro atoms. The Balaban J connectivity index is 3.59. The van der Waals surface area contributed by atoms with Crippen LogP contribution in [0.1, 0.15) is 168 Å². The van der Waals surface area contributed by atoms with Crippen molar-refractivity contribution in [1.82, 2.24) is 0 Å². The van der Waals surface area contributed by atoms with Gasteiger partial charge in [-0.05, 0) is 77.0 Å². The van der Waals surface area contributed by atoms with Gasteiger partial charge in [-0.1, -0.05) is 163 Å². The van der Waals surface area contributed by atoms with E-state index in [2.05, 4.69) is 86.8 Å². The minimum Gasteiger partial charge on any atom is -0.463 e. The van der Waals surface area contributed by atoms with Gasteiger partial charge in [0.15, 0.2) is 0 Å². The highest BCUT2D eigenvalue weighted by Crippen LogP contribution is 2.12. The quantitative estimate of drug-likeness (QED) is 0.0406. The van der Waals surface area contributed by atoms with Crippen LogP contribution in [0.4, 0.5) is 0 Å². The molecule has 5 nitrogen and oxygen atoms in total. The van der Waals surface area contributed by atoms with Crippen LogP contribution in [0.2, 0.25) is 0 Å². The van der Waals surface area contributed by atoms with Crippen molar-refractivity contribution < 1.29 is 24.2 Å². The van der Waals surface area contributed by atoms with Crippen LogP contribution in [0.5, 0.6) is 0 Å². The van der Waals surface area contributed by atoms with Crippen molar-refractivity contribution >= 4 is 11.9 Å². The molecular formula is C45H74O5. The van der Waals surface area contributed by atoms with Crippen LogP contribution in [0.3, 0.4) is 0 Å². The molecule has 0 heterocycles. The second-order valence-corrected chi connectivity index (χ2v) is 13.0. The first-order valence-electron chi connectivity index (χ1n) is 20.1. The van der Waals surface area contributed by atoms with E-state index in [9.17, 15) is 14.7 Å². The van der Waals surface area contributed by atoms with E-state index in [1.54, 1.807) is 0 Å². The lowest BCUT2D eigenvalue weighted by molar-refractivity contribution is -0.152. The van der Waals surface area contributed by atoms with Crippen molar-refractivity contribution in [2.45, 2.75) is 174 Å². The van der Waals surface area contributed by atoms with Gasteiger partial charge in [0.2, 0.25) is 0 Å². The zero-order valence-corrected chi connectivity index (χ0v) is 32.1. The normalized spacial score (nSPS) is 13.1. The Morgan fingerprint density at radius 2 is 0.800 bits per heavy atom. The smallest absolute Gasteiger partial charge is 0.306 e. The molecule has 0 aliphatic carbocycles. The molecule has 0 unspecified atom stereocenters. The molecule has 0 aliphatic heterocycles. The highest BCUT2D eigenvalue weighted by Gasteiger charge is 2.11. The van der Waals surface area contributed by atoms with E-state index in [0.29, 0.717) is 12.8 Å². The maximum absolute atomic E-state index is 12.0. The van der Waals surface area contributed by atoms with Gasteiger partial charge in [-0.3, -0.25) is 9.59 Å². The van der Waals surface area contributed by atoms with Crippen LogP contribution in [0.15, 0.2) is 85.1 Å². The number of carbonyl (C=O) groups excluding carboxylic acids is 2. The topological polar surface area (TPSA) is 72.8 Å². The molecule has 0 radical (unpaired) electrons. The van der Waals surface area contributed by atoms with Crippen LogP contribution in [0, 0.1) is 0 Å². The Hall–Kier alpha value is -2.92. The molecule has 0 aromatic carbocycles. The third-order valence-corrected chi connectivity index (χ3v) is 8.13. The lowest BCUT2D eigenvalue weighted by Gasteiger charge is -2.12. The molecule has 0 amide bonds. The lowest BCUT2D eigenvalue weighted by Crippen LogP contribution is -2.25. The Morgan fingerprint density at radius 3 is 1.26 bits per heavy atom. The van der Waals surface area contributed by atoms with Gasteiger partial charge in [0.1, 0.15) is 19.3 Å². The average Bonchev–Trinajstić information content (AvgIpc) is 3.12. The van der Waals surface area contributed by atoms with Crippen molar-refractivity contribution in [3.63, 3.8) is 0 Å². The van der Waals surface area contributed by atoms with Gasteiger partial charge >= 0.3 is 11.9 Å². The summed E-state index contributed by atoms with van der Waals surface area (Å²) in [6.45, 7) is 4.10. The van der Waals surface area contributed by atoms with Crippen molar-refractivity contribution in [3.8, 4) is 0 Å². The second kappa shape index (κ2) is 40.5. The highest BCUT2D eigenvalue weighted by molar-refractivity contribution is 5.70. The number of unbranched alkanes of at least 4 members (excludes halogenated alkanes) is 13. The molecule has 0 saturated carbocycles. The summed E-state index contributed by atoms with van der Waals surface area (Å²) >= 11 is 0. The molecule has 50 heavy (non-hydrogen) atoms. The minimum absolute atomic E-state index is 0.146. The number of carbonyl (C=O) groups is 2. The third kappa shape index (κ3) is 39.5. The van der Waals surface area contributed by atoms with E-state index in [-0.39, 0.29) is 31.6 Å². The summed E-state index contributed by atoms with van der Waals surface area (Å²) in [6.07, 6.45) is 55.0. The SMILES string of the molecule is CC/C=C\C/C=C\C/C=C\C/C=C\C/C=C\C/C=C\CCC(=O)OC[C@H](O)COC(=O)CCCCCCCCC/C=C\CCCCCCCC. The predicted octanol–water partition coefficient (Wildman–Crippen LogP) is 12.7. The molecule has 0 bridgehead atoms. The van der Waals surface area contributed by atoms with Crippen LogP contribution in [0.25, 0.3) is 0 Å². The number of aliphatic hydroxyl groups is 1. The van der Waals surface area contributed by atoms with E-state index in [0.717, 1.165) is 57.8 Å². The largest absolute Gasteiger partial charge is 0.463 e. The first-order chi connectivity index (χ1) is 24.6. The number of hydrogen-bond acceptors (Lipinski definition) is 5. The van der Waals surface area contributed by atoms with E-state index in [1.165, 1.54) is 77.0 Å². The second-order valence-electron chi connectivity index (χ2n) is 13.0. The number of esters is 2. The lowest BCUT2D eigenvalue weighted by atomic mass is 10.1. The summed E-state index contributed by atoms with van der Waals surface area (Å²) < 4.78 is 10.3. The number of rotatable bonds is 35. The zero-order chi connectivity index (χ0) is 36.4. The molecule has 5 heteroatoms. The minimum atomic E-state index is -1.00. The molecule has 0 aromatic heterocycles. The fourth-order valence-corrected chi connectivity index (χ4v) is 5.11. The molecule has 0 fully saturated rings. The molecule has 0 saturated heterocycles. The Bertz CT molecular complexity index is 968. The van der Waals surface area contributed by atoms with Crippen molar-refractivity contribution in [1.29, 1.82) is 0 Å².